The Labute approximate surface area is 126 Å². The van der Waals surface area contributed by atoms with Gasteiger partial charge in [-0.1, -0.05) is 6.07 Å². The average Bonchev–Trinajstić information content (AvgIpc) is 2.73. The van der Waals surface area contributed by atoms with Gasteiger partial charge in [-0.15, -0.1) is 0 Å². The second-order valence-corrected chi connectivity index (χ2v) is 5.50. The molecule has 1 atom stereocenters. The molecule has 21 heavy (non-hydrogen) atoms. The maximum Gasteiger partial charge on any atom is 0.219 e. The highest BCUT2D eigenvalue weighted by Crippen LogP contribution is 2.31. The van der Waals surface area contributed by atoms with Gasteiger partial charge in [-0.25, -0.2) is 0 Å². The van der Waals surface area contributed by atoms with Gasteiger partial charge in [0.1, 0.15) is 0 Å². The fraction of sp³-hybridized carbons (Fsp3) is 0.562. The van der Waals surface area contributed by atoms with E-state index in [-0.39, 0.29) is 17.7 Å². The summed E-state index contributed by atoms with van der Waals surface area (Å²) >= 11 is 0. The van der Waals surface area contributed by atoms with Crippen molar-refractivity contribution in [2.75, 3.05) is 33.3 Å². The van der Waals surface area contributed by atoms with E-state index in [1.54, 1.807) is 20.1 Å². The smallest absolute Gasteiger partial charge is 0.219 e. The van der Waals surface area contributed by atoms with Gasteiger partial charge in [-0.3, -0.25) is 9.69 Å². The molecule has 1 unspecified atom stereocenters. The molecule has 116 valence electrons. The lowest BCUT2D eigenvalue weighted by molar-refractivity contribution is -0.128. The molecule has 1 aromatic carbocycles. The van der Waals surface area contributed by atoms with Crippen LogP contribution in [-0.2, 0) is 4.79 Å². The average molecular weight is 292 g/mol. The highest BCUT2D eigenvalue weighted by molar-refractivity contribution is 5.73. The lowest BCUT2D eigenvalue weighted by Gasteiger charge is -2.28. The number of phenolic OH excluding ortho intramolecular Hbond substituents is 1. The fourth-order valence-electron chi connectivity index (χ4n) is 2.80. The minimum Gasteiger partial charge on any atom is -0.504 e. The van der Waals surface area contributed by atoms with Gasteiger partial charge >= 0.3 is 0 Å². The highest BCUT2D eigenvalue weighted by atomic mass is 16.5. The number of hydrogen-bond acceptors (Lipinski definition) is 4. The Balaban J connectivity index is 2.09. The van der Waals surface area contributed by atoms with Crippen molar-refractivity contribution >= 4 is 5.91 Å². The van der Waals surface area contributed by atoms with E-state index in [1.807, 2.05) is 17.0 Å². The number of ether oxygens (including phenoxy) is 1. The van der Waals surface area contributed by atoms with Crippen molar-refractivity contribution in [2.45, 2.75) is 26.3 Å². The van der Waals surface area contributed by atoms with Crippen molar-refractivity contribution in [1.82, 2.24) is 9.80 Å². The molecule has 1 amide bonds. The molecule has 5 heteroatoms. The normalized spacial score (nSPS) is 18.1. The zero-order valence-corrected chi connectivity index (χ0v) is 13.0. The second kappa shape index (κ2) is 6.80. The Morgan fingerprint density at radius 1 is 1.29 bits per heavy atom. The molecule has 1 fully saturated rings. The molecule has 1 aliphatic heterocycles. The molecule has 0 bridgehead atoms. The standard InChI is InChI=1S/C16H24N2O3/c1-12(14-5-6-15(20)16(11-14)21-3)17-7-4-8-18(10-9-17)13(2)19/h5-6,11-12,20H,4,7-10H2,1-3H3. The van der Waals surface area contributed by atoms with Crippen LogP contribution in [-0.4, -0.2) is 54.1 Å². The zero-order valence-electron chi connectivity index (χ0n) is 13.0. The molecule has 0 aliphatic carbocycles. The van der Waals surface area contributed by atoms with Gasteiger partial charge in [-0.2, -0.15) is 0 Å². The summed E-state index contributed by atoms with van der Waals surface area (Å²) in [6.07, 6.45) is 0.985. The fourth-order valence-corrected chi connectivity index (χ4v) is 2.80. The number of nitrogens with zero attached hydrogens (tertiary/aromatic N) is 2. The SMILES string of the molecule is COc1cc(C(C)N2CCCN(C(C)=O)CC2)ccc1O. The highest BCUT2D eigenvalue weighted by Gasteiger charge is 2.21. The summed E-state index contributed by atoms with van der Waals surface area (Å²) in [7, 11) is 1.56. The summed E-state index contributed by atoms with van der Waals surface area (Å²) in [5, 5.41) is 9.69. The molecular formula is C16H24N2O3. The third-order valence-corrected chi connectivity index (χ3v) is 4.21. The number of carbonyl (C=O) groups is 1. The Hall–Kier alpha value is -1.75. The number of benzene rings is 1. The van der Waals surface area contributed by atoms with E-state index in [1.165, 1.54) is 0 Å². The molecule has 1 saturated heterocycles. The number of amides is 1. The molecule has 2 rings (SSSR count). The minimum absolute atomic E-state index is 0.149. The lowest BCUT2D eigenvalue weighted by Crippen LogP contribution is -2.34. The quantitative estimate of drug-likeness (QED) is 0.926. The van der Waals surface area contributed by atoms with E-state index in [0.29, 0.717) is 5.75 Å². The number of methoxy groups -OCH3 is 1. The predicted molar refractivity (Wildman–Crippen MR) is 81.5 cm³/mol. The van der Waals surface area contributed by atoms with E-state index < -0.39 is 0 Å². The van der Waals surface area contributed by atoms with Crippen LogP contribution >= 0.6 is 0 Å². The molecule has 1 N–H and O–H groups in total. The Kier molecular flexibility index (Phi) is 5.07. The molecule has 5 nitrogen and oxygen atoms in total. The van der Waals surface area contributed by atoms with Crippen molar-refractivity contribution in [3.8, 4) is 11.5 Å². The third kappa shape index (κ3) is 3.67. The third-order valence-electron chi connectivity index (χ3n) is 4.21. The van der Waals surface area contributed by atoms with Gasteiger partial charge in [0.25, 0.3) is 0 Å². The first-order valence-corrected chi connectivity index (χ1v) is 7.39. The van der Waals surface area contributed by atoms with Crippen molar-refractivity contribution < 1.29 is 14.6 Å². The largest absolute Gasteiger partial charge is 0.504 e. The molecule has 0 saturated carbocycles. The molecule has 1 aliphatic rings. The second-order valence-electron chi connectivity index (χ2n) is 5.50. The summed E-state index contributed by atoms with van der Waals surface area (Å²) < 4.78 is 5.17. The van der Waals surface area contributed by atoms with Crippen molar-refractivity contribution in [1.29, 1.82) is 0 Å². The zero-order chi connectivity index (χ0) is 15.4. The monoisotopic (exact) mass is 292 g/mol. The lowest BCUT2D eigenvalue weighted by atomic mass is 10.1. The predicted octanol–water partition coefficient (Wildman–Crippen LogP) is 2.02. The van der Waals surface area contributed by atoms with Crippen LogP contribution in [0.2, 0.25) is 0 Å². The van der Waals surface area contributed by atoms with Gasteiger partial charge < -0.3 is 14.7 Å². The summed E-state index contributed by atoms with van der Waals surface area (Å²) in [6.45, 7) is 7.21. The Morgan fingerprint density at radius 3 is 2.71 bits per heavy atom. The van der Waals surface area contributed by atoms with Crippen molar-refractivity contribution in [3.63, 3.8) is 0 Å². The first kappa shape index (κ1) is 15.6. The maximum atomic E-state index is 11.5. The summed E-state index contributed by atoms with van der Waals surface area (Å²) in [6, 6.07) is 5.71. The van der Waals surface area contributed by atoms with E-state index in [9.17, 15) is 9.90 Å². The van der Waals surface area contributed by atoms with Crippen LogP contribution in [0.4, 0.5) is 0 Å². The van der Waals surface area contributed by atoms with Gasteiger partial charge in [0.2, 0.25) is 5.91 Å². The number of phenols is 1. The molecule has 1 aromatic rings. The molecule has 0 aromatic heterocycles. The molecule has 0 radical (unpaired) electrons. The van der Waals surface area contributed by atoms with Crippen molar-refractivity contribution in [3.05, 3.63) is 23.8 Å². The summed E-state index contributed by atoms with van der Waals surface area (Å²) in [5.41, 5.74) is 1.11. The number of rotatable bonds is 3. The van der Waals surface area contributed by atoms with E-state index in [2.05, 4.69) is 11.8 Å². The van der Waals surface area contributed by atoms with Crippen LogP contribution in [0.5, 0.6) is 11.5 Å². The topological polar surface area (TPSA) is 53.0 Å². The first-order chi connectivity index (χ1) is 10.0. The maximum absolute atomic E-state index is 11.5. The van der Waals surface area contributed by atoms with Gasteiger partial charge in [0.05, 0.1) is 7.11 Å². The van der Waals surface area contributed by atoms with E-state index in [4.69, 9.17) is 4.74 Å². The molecular weight excluding hydrogens is 268 g/mol. The van der Waals surface area contributed by atoms with Crippen LogP contribution in [0.15, 0.2) is 18.2 Å². The number of aromatic hydroxyl groups is 1. The number of hydrogen-bond donors (Lipinski definition) is 1. The summed E-state index contributed by atoms with van der Waals surface area (Å²) in [5.74, 6) is 0.808. The van der Waals surface area contributed by atoms with Crippen LogP contribution in [0.1, 0.15) is 31.9 Å². The molecule has 0 spiro atoms. The first-order valence-electron chi connectivity index (χ1n) is 7.39. The van der Waals surface area contributed by atoms with Gasteiger partial charge in [0.15, 0.2) is 11.5 Å². The van der Waals surface area contributed by atoms with Crippen LogP contribution in [0.25, 0.3) is 0 Å². The molecule has 1 heterocycles. The van der Waals surface area contributed by atoms with Gasteiger partial charge in [0, 0.05) is 39.1 Å². The number of carbonyl (C=O) groups excluding carboxylic acids is 1. The van der Waals surface area contributed by atoms with E-state index >= 15 is 0 Å². The van der Waals surface area contributed by atoms with E-state index in [0.717, 1.165) is 38.2 Å². The van der Waals surface area contributed by atoms with Crippen LogP contribution < -0.4 is 4.74 Å². The minimum atomic E-state index is 0.149. The van der Waals surface area contributed by atoms with Crippen molar-refractivity contribution in [2.24, 2.45) is 0 Å². The Bertz CT molecular complexity index is 504. The van der Waals surface area contributed by atoms with Crippen LogP contribution in [0, 0.1) is 0 Å². The summed E-state index contributed by atoms with van der Waals surface area (Å²) in [4.78, 5) is 15.8. The van der Waals surface area contributed by atoms with Crippen LogP contribution in [0.3, 0.4) is 0 Å². The Morgan fingerprint density at radius 2 is 2.05 bits per heavy atom. The van der Waals surface area contributed by atoms with Gasteiger partial charge in [-0.05, 0) is 31.0 Å².